The molecule has 0 saturated heterocycles. The van der Waals surface area contributed by atoms with Crippen LogP contribution in [0.4, 0.5) is 5.69 Å². The van der Waals surface area contributed by atoms with Gasteiger partial charge in [-0.1, -0.05) is 24.3 Å². The first-order chi connectivity index (χ1) is 9.70. The van der Waals surface area contributed by atoms with E-state index < -0.39 is 0 Å². The minimum atomic E-state index is -0.319. The molecule has 2 aromatic carbocycles. The van der Waals surface area contributed by atoms with Gasteiger partial charge in [-0.25, -0.2) is 5.43 Å². The van der Waals surface area contributed by atoms with Gasteiger partial charge in [0.15, 0.2) is 0 Å². The summed E-state index contributed by atoms with van der Waals surface area (Å²) >= 11 is 1.68. The van der Waals surface area contributed by atoms with Gasteiger partial charge < -0.3 is 5.73 Å². The number of carbonyl (C=O) groups is 1. The molecule has 0 aliphatic heterocycles. The number of anilines is 1. The molecule has 0 bridgehead atoms. The Bertz CT molecular complexity index is 623. The van der Waals surface area contributed by atoms with Crippen LogP contribution in [0.3, 0.4) is 0 Å². The molecule has 0 aromatic heterocycles. The number of para-hydroxylation sites is 1. The zero-order valence-corrected chi connectivity index (χ0v) is 11.9. The quantitative estimate of drug-likeness (QED) is 0.393. The molecule has 1 amide bonds. The summed E-state index contributed by atoms with van der Waals surface area (Å²) in [4.78, 5) is 13.0. The minimum absolute atomic E-state index is 0.319. The maximum Gasteiger partial charge on any atom is 0.273 e. The number of hydrazone groups is 1. The maximum atomic E-state index is 11.8. The van der Waals surface area contributed by atoms with Gasteiger partial charge in [-0.3, -0.25) is 4.79 Å². The predicted octanol–water partition coefficient (Wildman–Crippen LogP) is 2.75. The van der Waals surface area contributed by atoms with Gasteiger partial charge in [0.2, 0.25) is 0 Å². The van der Waals surface area contributed by atoms with Crippen molar-refractivity contribution in [3.05, 3.63) is 59.7 Å². The van der Waals surface area contributed by atoms with Crippen LogP contribution < -0.4 is 11.2 Å². The van der Waals surface area contributed by atoms with Crippen molar-refractivity contribution in [3.8, 4) is 0 Å². The van der Waals surface area contributed by atoms with Crippen molar-refractivity contribution in [1.29, 1.82) is 0 Å². The van der Waals surface area contributed by atoms with Crippen molar-refractivity contribution in [2.24, 2.45) is 5.10 Å². The molecule has 102 valence electrons. The van der Waals surface area contributed by atoms with Gasteiger partial charge in [0.25, 0.3) is 5.91 Å². The number of nitrogens with two attached hydrogens (primary N) is 1. The summed E-state index contributed by atoms with van der Waals surface area (Å²) in [7, 11) is 0. The highest BCUT2D eigenvalue weighted by Gasteiger charge is 2.06. The number of amides is 1. The third-order valence-electron chi connectivity index (χ3n) is 2.70. The number of nitrogens with zero attached hydrogens (tertiary/aromatic N) is 1. The molecule has 0 unspecified atom stereocenters. The van der Waals surface area contributed by atoms with E-state index in [0.717, 1.165) is 5.56 Å². The summed E-state index contributed by atoms with van der Waals surface area (Å²) in [5, 5.41) is 3.93. The van der Waals surface area contributed by atoms with Crippen LogP contribution in [-0.4, -0.2) is 18.4 Å². The maximum absolute atomic E-state index is 11.8. The van der Waals surface area contributed by atoms with E-state index in [0.29, 0.717) is 11.3 Å². The summed E-state index contributed by atoms with van der Waals surface area (Å²) in [5.41, 5.74) is 9.96. The van der Waals surface area contributed by atoms with Crippen molar-refractivity contribution in [2.75, 3.05) is 12.0 Å². The zero-order valence-electron chi connectivity index (χ0n) is 11.0. The Balaban J connectivity index is 1.99. The minimum Gasteiger partial charge on any atom is -0.398 e. The summed E-state index contributed by atoms with van der Waals surface area (Å²) in [6.07, 6.45) is 3.62. The van der Waals surface area contributed by atoms with Crippen molar-refractivity contribution in [2.45, 2.75) is 4.90 Å². The van der Waals surface area contributed by atoms with Gasteiger partial charge >= 0.3 is 0 Å². The second-order valence-corrected chi connectivity index (χ2v) is 4.94. The van der Waals surface area contributed by atoms with Gasteiger partial charge in [-0.05, 0) is 36.1 Å². The molecule has 0 atom stereocenters. The van der Waals surface area contributed by atoms with E-state index in [4.69, 9.17) is 5.73 Å². The summed E-state index contributed by atoms with van der Waals surface area (Å²) in [6.45, 7) is 0. The predicted molar refractivity (Wildman–Crippen MR) is 84.1 cm³/mol. The molecular formula is C15H15N3OS. The van der Waals surface area contributed by atoms with Crippen molar-refractivity contribution in [1.82, 2.24) is 5.43 Å². The van der Waals surface area contributed by atoms with Gasteiger partial charge in [0.1, 0.15) is 0 Å². The SMILES string of the molecule is CSc1ccc(/C=N/NC(=O)c2ccccc2N)cc1. The van der Waals surface area contributed by atoms with Crippen LogP contribution >= 0.6 is 11.8 Å². The van der Waals surface area contributed by atoms with E-state index in [1.807, 2.05) is 30.5 Å². The molecule has 3 N–H and O–H groups in total. The summed E-state index contributed by atoms with van der Waals surface area (Å²) in [5.74, 6) is -0.319. The first kappa shape index (κ1) is 14.1. The number of nitrogens with one attached hydrogen (secondary N) is 1. The van der Waals surface area contributed by atoms with E-state index in [-0.39, 0.29) is 5.91 Å². The van der Waals surface area contributed by atoms with Crippen LogP contribution in [0.15, 0.2) is 58.5 Å². The van der Waals surface area contributed by atoms with Crippen LogP contribution in [0.1, 0.15) is 15.9 Å². The highest BCUT2D eigenvalue weighted by molar-refractivity contribution is 7.98. The second kappa shape index (κ2) is 6.77. The molecular weight excluding hydrogens is 270 g/mol. The Morgan fingerprint density at radius 1 is 1.20 bits per heavy atom. The average Bonchev–Trinajstić information content (AvgIpc) is 2.48. The molecule has 2 aromatic rings. The largest absolute Gasteiger partial charge is 0.398 e. The van der Waals surface area contributed by atoms with E-state index in [9.17, 15) is 4.79 Å². The Morgan fingerprint density at radius 3 is 2.55 bits per heavy atom. The first-order valence-corrected chi connectivity index (χ1v) is 7.25. The van der Waals surface area contributed by atoms with Gasteiger partial charge in [-0.2, -0.15) is 5.10 Å². The smallest absolute Gasteiger partial charge is 0.273 e. The van der Waals surface area contributed by atoms with Crippen molar-refractivity contribution < 1.29 is 4.79 Å². The highest BCUT2D eigenvalue weighted by atomic mass is 32.2. The lowest BCUT2D eigenvalue weighted by atomic mass is 10.2. The standard InChI is InChI=1S/C15H15N3OS/c1-20-12-8-6-11(7-9-12)10-17-18-15(19)13-4-2-3-5-14(13)16/h2-10H,16H2,1H3,(H,18,19)/b17-10+. The number of hydrogen-bond acceptors (Lipinski definition) is 4. The molecule has 5 heteroatoms. The zero-order chi connectivity index (χ0) is 14.4. The first-order valence-electron chi connectivity index (χ1n) is 6.02. The molecule has 0 spiro atoms. The molecule has 0 fully saturated rings. The topological polar surface area (TPSA) is 67.5 Å². The lowest BCUT2D eigenvalue weighted by Gasteiger charge is -2.02. The van der Waals surface area contributed by atoms with Crippen molar-refractivity contribution >= 4 is 29.6 Å². The lowest BCUT2D eigenvalue weighted by Crippen LogP contribution is -2.18. The Labute approximate surface area is 122 Å². The van der Waals surface area contributed by atoms with Crippen LogP contribution in [0.5, 0.6) is 0 Å². The molecule has 0 aliphatic rings. The average molecular weight is 285 g/mol. The Kier molecular flexibility index (Phi) is 4.79. The monoisotopic (exact) mass is 285 g/mol. The fourth-order valence-electron chi connectivity index (χ4n) is 1.62. The van der Waals surface area contributed by atoms with Gasteiger partial charge in [-0.15, -0.1) is 11.8 Å². The third-order valence-corrected chi connectivity index (χ3v) is 3.44. The normalized spacial score (nSPS) is 10.7. The number of nitrogen functional groups attached to an aromatic ring is 1. The molecule has 4 nitrogen and oxygen atoms in total. The fraction of sp³-hybridized carbons (Fsp3) is 0.0667. The highest BCUT2D eigenvalue weighted by Crippen LogP contribution is 2.14. The molecule has 0 radical (unpaired) electrons. The molecule has 0 saturated carbocycles. The number of hydrogen-bond donors (Lipinski definition) is 2. The van der Waals surface area contributed by atoms with Crippen molar-refractivity contribution in [3.63, 3.8) is 0 Å². The van der Waals surface area contributed by atoms with E-state index in [2.05, 4.69) is 10.5 Å². The fourth-order valence-corrected chi connectivity index (χ4v) is 2.03. The van der Waals surface area contributed by atoms with Crippen LogP contribution in [0, 0.1) is 0 Å². The number of rotatable bonds is 4. The van der Waals surface area contributed by atoms with E-state index in [1.165, 1.54) is 4.90 Å². The lowest BCUT2D eigenvalue weighted by molar-refractivity contribution is 0.0956. The number of benzene rings is 2. The Hall–Kier alpha value is -2.27. The van der Waals surface area contributed by atoms with Crippen LogP contribution in [0.25, 0.3) is 0 Å². The molecule has 20 heavy (non-hydrogen) atoms. The van der Waals surface area contributed by atoms with Gasteiger partial charge in [0.05, 0.1) is 11.8 Å². The number of carbonyl (C=O) groups excluding carboxylic acids is 1. The number of thioether (sulfide) groups is 1. The summed E-state index contributed by atoms with van der Waals surface area (Å²) < 4.78 is 0. The second-order valence-electron chi connectivity index (χ2n) is 4.06. The Morgan fingerprint density at radius 2 is 1.90 bits per heavy atom. The summed E-state index contributed by atoms with van der Waals surface area (Å²) in [6, 6.07) is 14.8. The van der Waals surface area contributed by atoms with Crippen LogP contribution in [0.2, 0.25) is 0 Å². The molecule has 2 rings (SSSR count). The third kappa shape index (κ3) is 3.61. The van der Waals surface area contributed by atoms with E-state index in [1.54, 1.807) is 42.2 Å². The molecule has 0 aliphatic carbocycles. The molecule has 0 heterocycles. The van der Waals surface area contributed by atoms with Crippen LogP contribution in [-0.2, 0) is 0 Å². The van der Waals surface area contributed by atoms with Gasteiger partial charge in [0, 0.05) is 10.6 Å². The van der Waals surface area contributed by atoms with E-state index >= 15 is 0 Å².